The summed E-state index contributed by atoms with van der Waals surface area (Å²) >= 11 is 3.57. The van der Waals surface area contributed by atoms with Gasteiger partial charge in [0, 0.05) is 12.6 Å². The van der Waals surface area contributed by atoms with Crippen LogP contribution in [0.1, 0.15) is 17.0 Å². The van der Waals surface area contributed by atoms with Crippen LogP contribution in [-0.2, 0) is 13.6 Å². The minimum Gasteiger partial charge on any atom is -0.329 e. The first-order valence-electron chi connectivity index (χ1n) is 5.98. The third-order valence-electron chi connectivity index (χ3n) is 3.13. The van der Waals surface area contributed by atoms with Gasteiger partial charge in [0.15, 0.2) is 0 Å². The molecule has 2 aromatic rings. The summed E-state index contributed by atoms with van der Waals surface area (Å²) in [6.45, 7) is 5.01. The summed E-state index contributed by atoms with van der Waals surface area (Å²) in [6.07, 6.45) is 0. The Bertz CT molecular complexity index is 573. The third-order valence-corrected chi connectivity index (χ3v) is 3.68. The van der Waals surface area contributed by atoms with E-state index in [2.05, 4.69) is 69.9 Å². The largest absolute Gasteiger partial charge is 0.329 e. The molecule has 0 aliphatic carbocycles. The molecule has 0 atom stereocenters. The lowest BCUT2D eigenvalue weighted by Gasteiger charge is -2.10. The summed E-state index contributed by atoms with van der Waals surface area (Å²) in [4.78, 5) is 4.56. The second-order valence-corrected chi connectivity index (χ2v) is 5.33. The Kier molecular flexibility index (Phi) is 3.88. The first kappa shape index (κ1) is 13.3. The number of nitrogens with zero attached hydrogens (tertiary/aromatic N) is 2. The van der Waals surface area contributed by atoms with Gasteiger partial charge in [-0.1, -0.05) is 17.7 Å². The average Bonchev–Trinajstić information content (AvgIpc) is 2.59. The fourth-order valence-corrected chi connectivity index (χ4v) is 2.79. The highest BCUT2D eigenvalue weighted by Gasteiger charge is 2.15. The van der Waals surface area contributed by atoms with E-state index in [0.29, 0.717) is 0 Å². The first-order valence-corrected chi connectivity index (χ1v) is 6.77. The lowest BCUT2D eigenvalue weighted by Crippen LogP contribution is -2.10. The molecule has 0 saturated heterocycles. The van der Waals surface area contributed by atoms with Crippen LogP contribution in [0.2, 0.25) is 0 Å². The Morgan fingerprint density at radius 2 is 2.06 bits per heavy atom. The van der Waals surface area contributed by atoms with Gasteiger partial charge in [0.1, 0.15) is 10.4 Å². The predicted molar refractivity (Wildman–Crippen MR) is 78.6 cm³/mol. The van der Waals surface area contributed by atoms with Gasteiger partial charge in [-0.2, -0.15) is 0 Å². The van der Waals surface area contributed by atoms with Crippen molar-refractivity contribution in [2.45, 2.75) is 20.4 Å². The van der Waals surface area contributed by atoms with E-state index in [1.165, 1.54) is 16.7 Å². The second-order valence-electron chi connectivity index (χ2n) is 4.58. The Labute approximate surface area is 116 Å². The van der Waals surface area contributed by atoms with Crippen LogP contribution in [-0.4, -0.2) is 16.6 Å². The highest BCUT2D eigenvalue weighted by Crippen LogP contribution is 2.31. The molecule has 0 spiro atoms. The van der Waals surface area contributed by atoms with Crippen molar-refractivity contribution in [1.82, 2.24) is 14.9 Å². The lowest BCUT2D eigenvalue weighted by molar-refractivity contribution is 0.712. The molecule has 1 heterocycles. The number of hydrogen-bond donors (Lipinski definition) is 1. The molecule has 0 aliphatic heterocycles. The molecule has 3 nitrogen and oxygen atoms in total. The summed E-state index contributed by atoms with van der Waals surface area (Å²) in [5.74, 6) is 1.03. The van der Waals surface area contributed by atoms with Crippen molar-refractivity contribution < 1.29 is 0 Å². The van der Waals surface area contributed by atoms with Crippen LogP contribution in [0.15, 0.2) is 22.8 Å². The van der Waals surface area contributed by atoms with Gasteiger partial charge in [-0.3, -0.25) is 0 Å². The maximum Gasteiger partial charge on any atom is 0.132 e. The summed E-state index contributed by atoms with van der Waals surface area (Å²) in [6, 6.07) is 6.50. The minimum atomic E-state index is 0.764. The van der Waals surface area contributed by atoms with Crippen LogP contribution in [0.5, 0.6) is 0 Å². The number of hydrogen-bond acceptors (Lipinski definition) is 2. The van der Waals surface area contributed by atoms with Gasteiger partial charge in [0.25, 0.3) is 0 Å². The van der Waals surface area contributed by atoms with E-state index in [4.69, 9.17) is 0 Å². The van der Waals surface area contributed by atoms with Crippen molar-refractivity contribution in [3.05, 3.63) is 39.8 Å². The number of aryl methyl sites for hydroxylation is 2. The minimum absolute atomic E-state index is 0.764. The maximum absolute atomic E-state index is 4.56. The molecule has 1 aromatic carbocycles. The molecule has 2 rings (SSSR count). The molecule has 96 valence electrons. The second kappa shape index (κ2) is 5.24. The standard InChI is InChI=1S/C14H18BrN3/c1-9-5-6-10(2)11(7-9)13-14(15)17-12(8-16-3)18(13)4/h5-7,16H,8H2,1-4H3. The van der Waals surface area contributed by atoms with E-state index in [1.807, 2.05) is 7.05 Å². The monoisotopic (exact) mass is 307 g/mol. The highest BCUT2D eigenvalue weighted by atomic mass is 79.9. The molecule has 18 heavy (non-hydrogen) atoms. The average molecular weight is 308 g/mol. The molecule has 0 unspecified atom stereocenters. The smallest absolute Gasteiger partial charge is 0.132 e. The van der Waals surface area contributed by atoms with Crippen LogP contribution < -0.4 is 5.32 Å². The van der Waals surface area contributed by atoms with Gasteiger partial charge >= 0.3 is 0 Å². The number of nitrogens with one attached hydrogen (secondary N) is 1. The SMILES string of the molecule is CNCc1nc(Br)c(-c2cc(C)ccc2C)n1C. The molecule has 0 aliphatic rings. The molecule has 0 amide bonds. The Hall–Kier alpha value is -1.13. The summed E-state index contributed by atoms with van der Waals surface area (Å²) < 4.78 is 3.05. The van der Waals surface area contributed by atoms with E-state index in [1.54, 1.807) is 0 Å². The van der Waals surface area contributed by atoms with Crippen LogP contribution in [0, 0.1) is 13.8 Å². The molecule has 0 fully saturated rings. The van der Waals surface area contributed by atoms with Crippen molar-refractivity contribution in [2.24, 2.45) is 7.05 Å². The molecular formula is C14H18BrN3. The van der Waals surface area contributed by atoms with E-state index in [-0.39, 0.29) is 0 Å². The normalized spacial score (nSPS) is 10.9. The van der Waals surface area contributed by atoms with Gasteiger partial charge in [0.2, 0.25) is 0 Å². The van der Waals surface area contributed by atoms with Crippen molar-refractivity contribution in [3.63, 3.8) is 0 Å². The molecule has 0 radical (unpaired) electrons. The number of aromatic nitrogens is 2. The van der Waals surface area contributed by atoms with Gasteiger partial charge in [-0.05, 0) is 48.5 Å². The van der Waals surface area contributed by atoms with Crippen molar-refractivity contribution in [2.75, 3.05) is 7.05 Å². The fourth-order valence-electron chi connectivity index (χ4n) is 2.11. The van der Waals surface area contributed by atoms with E-state index < -0.39 is 0 Å². The van der Waals surface area contributed by atoms with E-state index in [9.17, 15) is 0 Å². The zero-order valence-corrected chi connectivity index (χ0v) is 12.8. The number of imidazole rings is 1. The summed E-state index contributed by atoms with van der Waals surface area (Å²) in [5, 5.41) is 3.14. The van der Waals surface area contributed by atoms with Crippen molar-refractivity contribution in [1.29, 1.82) is 0 Å². The van der Waals surface area contributed by atoms with E-state index in [0.717, 1.165) is 22.7 Å². The van der Waals surface area contributed by atoms with E-state index >= 15 is 0 Å². The van der Waals surface area contributed by atoms with Gasteiger partial charge in [-0.25, -0.2) is 4.98 Å². The Morgan fingerprint density at radius 3 is 2.72 bits per heavy atom. The zero-order valence-electron chi connectivity index (χ0n) is 11.2. The van der Waals surface area contributed by atoms with Crippen molar-refractivity contribution in [3.8, 4) is 11.3 Å². The van der Waals surface area contributed by atoms with Gasteiger partial charge in [-0.15, -0.1) is 0 Å². The van der Waals surface area contributed by atoms with Crippen molar-refractivity contribution >= 4 is 15.9 Å². The number of rotatable bonds is 3. The predicted octanol–water partition coefficient (Wildman–Crippen LogP) is 3.19. The number of benzene rings is 1. The maximum atomic E-state index is 4.56. The number of halogens is 1. The third kappa shape index (κ3) is 2.35. The van der Waals surface area contributed by atoms with Crippen LogP contribution in [0.4, 0.5) is 0 Å². The Morgan fingerprint density at radius 1 is 1.33 bits per heavy atom. The van der Waals surface area contributed by atoms with Gasteiger partial charge in [0.05, 0.1) is 12.2 Å². The van der Waals surface area contributed by atoms with Gasteiger partial charge < -0.3 is 9.88 Å². The summed E-state index contributed by atoms with van der Waals surface area (Å²) in [7, 11) is 3.99. The molecule has 4 heteroatoms. The quantitative estimate of drug-likeness (QED) is 0.944. The molecular weight excluding hydrogens is 290 g/mol. The molecule has 0 bridgehead atoms. The van der Waals surface area contributed by atoms with Crippen LogP contribution in [0.3, 0.4) is 0 Å². The molecule has 1 aromatic heterocycles. The summed E-state index contributed by atoms with van der Waals surface area (Å²) in [5.41, 5.74) is 4.90. The van der Waals surface area contributed by atoms with Crippen LogP contribution in [0.25, 0.3) is 11.3 Å². The van der Waals surface area contributed by atoms with Crippen LogP contribution >= 0.6 is 15.9 Å². The lowest BCUT2D eigenvalue weighted by atomic mass is 10.0. The molecule has 0 saturated carbocycles. The topological polar surface area (TPSA) is 29.9 Å². The zero-order chi connectivity index (χ0) is 13.3. The first-order chi connectivity index (χ1) is 8.54. The fraction of sp³-hybridized carbons (Fsp3) is 0.357. The highest BCUT2D eigenvalue weighted by molar-refractivity contribution is 9.10. The molecule has 1 N–H and O–H groups in total. The Balaban J connectivity index is 2.60.